The molecule has 0 saturated heterocycles. The van der Waals surface area contributed by atoms with Gasteiger partial charge in [0.25, 0.3) is 0 Å². The molecular formula is C12H12ClFN2. The number of nitrogens with two attached hydrogens (primary N) is 1. The highest BCUT2D eigenvalue weighted by atomic mass is 35.5. The SMILES string of the molecule is CCCc1cc2cc(Cl)c(F)cc2nc1N. The van der Waals surface area contributed by atoms with Crippen molar-refractivity contribution >= 4 is 28.3 Å². The molecule has 0 aliphatic carbocycles. The van der Waals surface area contributed by atoms with Gasteiger partial charge in [0.2, 0.25) is 0 Å². The Bertz CT molecular complexity index is 540. The summed E-state index contributed by atoms with van der Waals surface area (Å²) < 4.78 is 13.2. The second-order valence-corrected chi connectivity index (χ2v) is 4.15. The number of hydrogen-bond donors (Lipinski definition) is 1. The average molecular weight is 239 g/mol. The molecule has 0 unspecified atom stereocenters. The smallest absolute Gasteiger partial charge is 0.143 e. The largest absolute Gasteiger partial charge is 0.383 e. The van der Waals surface area contributed by atoms with Gasteiger partial charge in [-0.1, -0.05) is 24.9 Å². The van der Waals surface area contributed by atoms with Gasteiger partial charge in [0, 0.05) is 11.5 Å². The van der Waals surface area contributed by atoms with Crippen LogP contribution >= 0.6 is 11.6 Å². The second-order valence-electron chi connectivity index (χ2n) is 3.74. The molecule has 0 saturated carbocycles. The highest BCUT2D eigenvalue weighted by Crippen LogP contribution is 2.25. The highest BCUT2D eigenvalue weighted by molar-refractivity contribution is 6.31. The lowest BCUT2D eigenvalue weighted by Gasteiger charge is -2.06. The van der Waals surface area contributed by atoms with E-state index < -0.39 is 5.82 Å². The quantitative estimate of drug-likeness (QED) is 0.869. The Hall–Kier alpha value is -1.35. The normalized spacial score (nSPS) is 10.9. The summed E-state index contributed by atoms with van der Waals surface area (Å²) >= 11 is 5.72. The maximum atomic E-state index is 13.2. The molecule has 0 fully saturated rings. The molecule has 2 nitrogen and oxygen atoms in total. The van der Waals surface area contributed by atoms with E-state index in [9.17, 15) is 4.39 Å². The highest BCUT2D eigenvalue weighted by Gasteiger charge is 2.07. The average Bonchev–Trinajstić information content (AvgIpc) is 2.23. The van der Waals surface area contributed by atoms with Crippen LogP contribution in [0.4, 0.5) is 10.2 Å². The zero-order valence-corrected chi connectivity index (χ0v) is 9.68. The molecule has 1 aromatic carbocycles. The van der Waals surface area contributed by atoms with Crippen molar-refractivity contribution in [3.05, 3.63) is 34.6 Å². The first-order chi connectivity index (χ1) is 7.61. The monoisotopic (exact) mass is 238 g/mol. The van der Waals surface area contributed by atoms with Gasteiger partial charge in [-0.15, -0.1) is 0 Å². The number of aromatic nitrogens is 1. The summed E-state index contributed by atoms with van der Waals surface area (Å²) in [4.78, 5) is 4.18. The Balaban J connectivity index is 2.65. The van der Waals surface area contributed by atoms with E-state index in [1.165, 1.54) is 6.07 Å². The van der Waals surface area contributed by atoms with Crippen molar-refractivity contribution in [1.82, 2.24) is 4.98 Å². The zero-order chi connectivity index (χ0) is 11.7. The van der Waals surface area contributed by atoms with Crippen LogP contribution in [0.2, 0.25) is 5.02 Å². The molecule has 2 rings (SSSR count). The maximum Gasteiger partial charge on any atom is 0.143 e. The van der Waals surface area contributed by atoms with E-state index in [2.05, 4.69) is 11.9 Å². The fourth-order valence-corrected chi connectivity index (χ4v) is 1.87. The predicted octanol–water partition coefficient (Wildman–Crippen LogP) is 3.56. The minimum atomic E-state index is -0.468. The van der Waals surface area contributed by atoms with Crippen LogP contribution in [0.1, 0.15) is 18.9 Å². The predicted molar refractivity (Wildman–Crippen MR) is 65.1 cm³/mol. The van der Waals surface area contributed by atoms with E-state index in [4.69, 9.17) is 17.3 Å². The summed E-state index contributed by atoms with van der Waals surface area (Å²) in [6.07, 6.45) is 1.86. The molecule has 0 aliphatic heterocycles. The lowest BCUT2D eigenvalue weighted by molar-refractivity contribution is 0.630. The van der Waals surface area contributed by atoms with Gasteiger partial charge in [0.05, 0.1) is 10.5 Å². The first kappa shape index (κ1) is 11.1. The number of pyridine rings is 1. The summed E-state index contributed by atoms with van der Waals surface area (Å²) in [7, 11) is 0. The second kappa shape index (κ2) is 4.26. The van der Waals surface area contributed by atoms with Crippen LogP contribution in [0.25, 0.3) is 10.9 Å². The molecule has 0 radical (unpaired) electrons. The van der Waals surface area contributed by atoms with Gasteiger partial charge in [0.15, 0.2) is 0 Å². The summed E-state index contributed by atoms with van der Waals surface area (Å²) in [5.41, 5.74) is 7.32. The summed E-state index contributed by atoms with van der Waals surface area (Å²) in [6.45, 7) is 2.07. The van der Waals surface area contributed by atoms with Gasteiger partial charge in [-0.3, -0.25) is 0 Å². The molecule has 0 bridgehead atoms. The van der Waals surface area contributed by atoms with Gasteiger partial charge in [-0.25, -0.2) is 9.37 Å². The third-order valence-corrected chi connectivity index (χ3v) is 2.78. The molecule has 0 amide bonds. The van der Waals surface area contributed by atoms with Crippen molar-refractivity contribution in [2.45, 2.75) is 19.8 Å². The van der Waals surface area contributed by atoms with E-state index in [1.54, 1.807) is 6.07 Å². The van der Waals surface area contributed by atoms with Gasteiger partial charge in [-0.05, 0) is 24.1 Å². The van der Waals surface area contributed by atoms with Crippen molar-refractivity contribution in [3.8, 4) is 0 Å². The van der Waals surface area contributed by atoms with Gasteiger partial charge in [0.1, 0.15) is 11.6 Å². The number of hydrogen-bond acceptors (Lipinski definition) is 2. The Kier molecular flexibility index (Phi) is 2.97. The van der Waals surface area contributed by atoms with Crippen LogP contribution in [0.15, 0.2) is 18.2 Å². The summed E-state index contributed by atoms with van der Waals surface area (Å²) in [5, 5.41) is 0.936. The van der Waals surface area contributed by atoms with Gasteiger partial charge < -0.3 is 5.73 Å². The van der Waals surface area contributed by atoms with Gasteiger partial charge >= 0.3 is 0 Å². The molecule has 2 N–H and O–H groups in total. The van der Waals surface area contributed by atoms with Crippen molar-refractivity contribution in [2.24, 2.45) is 0 Å². The van der Waals surface area contributed by atoms with Crippen molar-refractivity contribution in [3.63, 3.8) is 0 Å². The van der Waals surface area contributed by atoms with E-state index in [0.717, 1.165) is 23.8 Å². The molecule has 84 valence electrons. The van der Waals surface area contributed by atoms with Crippen LogP contribution in [0.5, 0.6) is 0 Å². The fraction of sp³-hybridized carbons (Fsp3) is 0.250. The van der Waals surface area contributed by atoms with E-state index >= 15 is 0 Å². The van der Waals surface area contributed by atoms with Crippen LogP contribution in [-0.2, 0) is 6.42 Å². The maximum absolute atomic E-state index is 13.2. The van der Waals surface area contributed by atoms with Gasteiger partial charge in [-0.2, -0.15) is 0 Å². The van der Waals surface area contributed by atoms with Crippen molar-refractivity contribution in [2.75, 3.05) is 5.73 Å². The Morgan fingerprint density at radius 3 is 2.81 bits per heavy atom. The third-order valence-electron chi connectivity index (χ3n) is 2.49. The number of benzene rings is 1. The number of fused-ring (bicyclic) bond motifs is 1. The van der Waals surface area contributed by atoms with Crippen LogP contribution in [-0.4, -0.2) is 4.98 Å². The van der Waals surface area contributed by atoms with Crippen molar-refractivity contribution in [1.29, 1.82) is 0 Å². The number of halogens is 2. The minimum absolute atomic E-state index is 0.113. The topological polar surface area (TPSA) is 38.9 Å². The number of anilines is 1. The van der Waals surface area contributed by atoms with Crippen LogP contribution < -0.4 is 5.73 Å². The summed E-state index contributed by atoms with van der Waals surface area (Å²) in [5.74, 6) is 0.000352. The molecule has 0 atom stereocenters. The fourth-order valence-electron chi connectivity index (χ4n) is 1.70. The van der Waals surface area contributed by atoms with E-state index in [1.807, 2.05) is 6.07 Å². The van der Waals surface area contributed by atoms with Crippen LogP contribution in [0.3, 0.4) is 0 Å². The van der Waals surface area contributed by atoms with E-state index in [0.29, 0.717) is 11.3 Å². The Morgan fingerprint density at radius 2 is 2.12 bits per heavy atom. The zero-order valence-electron chi connectivity index (χ0n) is 8.93. The number of aryl methyl sites for hydroxylation is 1. The molecule has 0 aliphatic rings. The minimum Gasteiger partial charge on any atom is -0.383 e. The Labute approximate surface area is 98.2 Å². The number of rotatable bonds is 2. The molecule has 1 heterocycles. The van der Waals surface area contributed by atoms with Crippen LogP contribution in [0, 0.1) is 5.82 Å². The lowest BCUT2D eigenvalue weighted by atomic mass is 10.1. The lowest BCUT2D eigenvalue weighted by Crippen LogP contribution is -1.98. The first-order valence-corrected chi connectivity index (χ1v) is 5.53. The third kappa shape index (κ3) is 1.95. The standard InChI is InChI=1S/C12H12ClFN2/c1-2-3-7-4-8-5-9(13)10(14)6-11(8)16-12(7)15/h4-6H,2-3H2,1H3,(H2,15,16). The molecule has 1 aromatic heterocycles. The first-order valence-electron chi connectivity index (χ1n) is 5.16. The summed E-state index contributed by atoms with van der Waals surface area (Å²) in [6, 6.07) is 4.81. The molecule has 4 heteroatoms. The molecular weight excluding hydrogens is 227 g/mol. The van der Waals surface area contributed by atoms with Crippen molar-refractivity contribution < 1.29 is 4.39 Å². The molecule has 16 heavy (non-hydrogen) atoms. The molecule has 2 aromatic rings. The van der Waals surface area contributed by atoms with E-state index in [-0.39, 0.29) is 5.02 Å². The molecule has 0 spiro atoms. The number of nitrogens with zero attached hydrogens (tertiary/aromatic N) is 1. The Morgan fingerprint density at radius 1 is 1.38 bits per heavy atom. The number of nitrogen functional groups attached to an aromatic ring is 1.